The Balaban J connectivity index is 2.51. The first-order valence-corrected chi connectivity index (χ1v) is 7.58. The average Bonchev–Trinajstić information content (AvgIpc) is 2.41. The van der Waals surface area contributed by atoms with E-state index < -0.39 is 44.2 Å². The average molecular weight is 321 g/mol. The third-order valence-corrected chi connectivity index (χ3v) is 5.08. The number of piperidine rings is 1. The summed E-state index contributed by atoms with van der Waals surface area (Å²) in [4.78, 5) is 9.80. The van der Waals surface area contributed by atoms with Gasteiger partial charge in [-0.25, -0.2) is 22.0 Å². The predicted molar refractivity (Wildman–Crippen MR) is 67.3 cm³/mol. The van der Waals surface area contributed by atoms with Crippen LogP contribution in [0.2, 0.25) is 0 Å². The lowest BCUT2D eigenvalue weighted by Crippen LogP contribution is -2.42. The second-order valence-corrected chi connectivity index (χ2v) is 6.64. The molecule has 1 aromatic carbocycles. The molecule has 21 heavy (non-hydrogen) atoms. The van der Waals surface area contributed by atoms with Crippen LogP contribution in [0.4, 0.5) is 8.78 Å². The lowest BCUT2D eigenvalue weighted by molar-refractivity contribution is 0.0695. The molecule has 0 bridgehead atoms. The number of rotatable bonds is 3. The van der Waals surface area contributed by atoms with Gasteiger partial charge in [-0.1, -0.05) is 0 Å². The Hall–Kier alpha value is -1.58. The van der Waals surface area contributed by atoms with Gasteiger partial charge in [0.25, 0.3) is 0 Å². The lowest BCUT2D eigenvalue weighted by atomic mass is 10.1. The van der Waals surface area contributed by atoms with Crippen molar-refractivity contribution in [3.05, 3.63) is 29.3 Å². The highest BCUT2D eigenvalue weighted by molar-refractivity contribution is 7.89. The van der Waals surface area contributed by atoms with Crippen LogP contribution in [0.3, 0.4) is 0 Å². The molecule has 0 aliphatic carbocycles. The van der Waals surface area contributed by atoms with Gasteiger partial charge in [-0.3, -0.25) is 0 Å². The second-order valence-electron chi connectivity index (χ2n) is 4.73. The van der Waals surface area contributed by atoms with Crippen molar-refractivity contribution in [2.24, 2.45) is 0 Å². The van der Waals surface area contributed by atoms with Crippen molar-refractivity contribution in [1.29, 1.82) is 0 Å². The first-order chi connectivity index (χ1) is 9.73. The number of aliphatic hydroxyl groups is 1. The number of nitrogens with zero attached hydrogens (tertiary/aromatic N) is 1. The number of aliphatic hydroxyl groups excluding tert-OH is 1. The number of benzene rings is 1. The van der Waals surface area contributed by atoms with E-state index in [9.17, 15) is 27.1 Å². The Morgan fingerprint density at radius 1 is 1.33 bits per heavy atom. The van der Waals surface area contributed by atoms with Gasteiger partial charge in [0.05, 0.1) is 11.7 Å². The van der Waals surface area contributed by atoms with Crippen LogP contribution in [0.25, 0.3) is 0 Å². The van der Waals surface area contributed by atoms with Crippen LogP contribution in [-0.2, 0) is 10.0 Å². The highest BCUT2D eigenvalue weighted by atomic mass is 32.2. The zero-order valence-electron chi connectivity index (χ0n) is 10.8. The van der Waals surface area contributed by atoms with E-state index in [1.54, 1.807) is 0 Å². The number of aromatic carboxylic acids is 1. The van der Waals surface area contributed by atoms with Gasteiger partial charge in [0, 0.05) is 13.1 Å². The molecule has 116 valence electrons. The van der Waals surface area contributed by atoms with Crippen LogP contribution in [0.1, 0.15) is 23.2 Å². The fraction of sp³-hybridized carbons (Fsp3) is 0.417. The SMILES string of the molecule is O=C(O)c1cc(F)c(F)c(S(=O)(=O)N2CCCC(O)C2)c1. The Kier molecular flexibility index (Phi) is 4.26. The van der Waals surface area contributed by atoms with E-state index in [1.807, 2.05) is 0 Å². The van der Waals surface area contributed by atoms with Gasteiger partial charge in [-0.15, -0.1) is 0 Å². The first kappa shape index (κ1) is 15.8. The number of carboxylic acid groups (broad SMARTS) is 1. The minimum atomic E-state index is -4.41. The molecule has 2 N–H and O–H groups in total. The monoisotopic (exact) mass is 321 g/mol. The number of hydrogen-bond acceptors (Lipinski definition) is 4. The molecule has 1 unspecified atom stereocenters. The molecule has 1 aromatic rings. The van der Waals surface area contributed by atoms with Crippen molar-refractivity contribution >= 4 is 16.0 Å². The van der Waals surface area contributed by atoms with Gasteiger partial charge in [0.15, 0.2) is 11.6 Å². The molecule has 1 atom stereocenters. The van der Waals surface area contributed by atoms with Crippen molar-refractivity contribution in [2.45, 2.75) is 23.8 Å². The summed E-state index contributed by atoms with van der Waals surface area (Å²) in [5.74, 6) is -4.74. The van der Waals surface area contributed by atoms with Gasteiger partial charge in [0.2, 0.25) is 10.0 Å². The van der Waals surface area contributed by atoms with Crippen LogP contribution >= 0.6 is 0 Å². The van der Waals surface area contributed by atoms with Gasteiger partial charge >= 0.3 is 5.97 Å². The lowest BCUT2D eigenvalue weighted by Gasteiger charge is -2.29. The van der Waals surface area contributed by atoms with Crippen molar-refractivity contribution in [3.8, 4) is 0 Å². The Morgan fingerprint density at radius 3 is 2.57 bits per heavy atom. The second kappa shape index (κ2) is 5.66. The van der Waals surface area contributed by atoms with Crippen LogP contribution < -0.4 is 0 Å². The minimum absolute atomic E-state index is 0.0533. The molecule has 6 nitrogen and oxygen atoms in total. The maximum atomic E-state index is 13.8. The topological polar surface area (TPSA) is 94.9 Å². The molecule has 0 amide bonds. The highest BCUT2D eigenvalue weighted by Gasteiger charge is 2.33. The van der Waals surface area contributed by atoms with E-state index in [4.69, 9.17) is 5.11 Å². The summed E-state index contributed by atoms with van der Waals surface area (Å²) in [6, 6.07) is 0.999. The summed E-state index contributed by atoms with van der Waals surface area (Å²) < 4.78 is 52.6. The van der Waals surface area contributed by atoms with Gasteiger partial charge < -0.3 is 10.2 Å². The highest BCUT2D eigenvalue weighted by Crippen LogP contribution is 2.25. The number of β-amino-alcohol motifs (C(OH)–C–C–N with tert-alkyl or cyclic N) is 1. The summed E-state index contributed by atoms with van der Waals surface area (Å²) in [7, 11) is -4.41. The fourth-order valence-corrected chi connectivity index (χ4v) is 3.77. The maximum Gasteiger partial charge on any atom is 0.335 e. The van der Waals surface area contributed by atoms with Crippen LogP contribution in [-0.4, -0.2) is 48.1 Å². The normalized spacial score (nSPS) is 20.4. The number of carboxylic acids is 1. The zero-order valence-corrected chi connectivity index (χ0v) is 11.6. The van der Waals surface area contributed by atoms with E-state index in [0.29, 0.717) is 25.0 Å². The third kappa shape index (κ3) is 3.04. The summed E-state index contributed by atoms with van der Waals surface area (Å²) in [6.07, 6.45) is -0.0923. The van der Waals surface area contributed by atoms with Crippen LogP contribution in [0, 0.1) is 11.6 Å². The van der Waals surface area contributed by atoms with Gasteiger partial charge in [0.1, 0.15) is 4.90 Å². The Labute approximate surface area is 119 Å². The maximum absolute atomic E-state index is 13.8. The van der Waals surface area contributed by atoms with Gasteiger partial charge in [-0.05, 0) is 25.0 Å². The standard InChI is InChI=1S/C12H13F2NO5S/c13-9-4-7(12(17)18)5-10(11(9)14)21(19,20)15-3-1-2-8(16)6-15/h4-5,8,16H,1-3,6H2,(H,17,18). The van der Waals surface area contributed by atoms with E-state index in [0.717, 1.165) is 4.31 Å². The predicted octanol–water partition coefficient (Wildman–Crippen LogP) is 0.808. The molecule has 2 rings (SSSR count). The molecule has 0 aromatic heterocycles. The summed E-state index contributed by atoms with van der Waals surface area (Å²) >= 11 is 0. The molecule has 1 saturated heterocycles. The van der Waals surface area contributed by atoms with Crippen molar-refractivity contribution in [2.75, 3.05) is 13.1 Å². The summed E-state index contributed by atoms with van der Waals surface area (Å²) in [6.45, 7) is -0.182. The quantitative estimate of drug-likeness (QED) is 0.859. The van der Waals surface area contributed by atoms with E-state index >= 15 is 0 Å². The molecule has 1 heterocycles. The third-order valence-electron chi connectivity index (χ3n) is 3.22. The fourth-order valence-electron chi connectivity index (χ4n) is 2.15. The molecule has 0 spiro atoms. The molecule has 0 saturated carbocycles. The largest absolute Gasteiger partial charge is 0.478 e. The van der Waals surface area contributed by atoms with E-state index in [2.05, 4.69) is 0 Å². The van der Waals surface area contributed by atoms with Crippen molar-refractivity contribution in [1.82, 2.24) is 4.31 Å². The number of sulfonamides is 1. The molecule has 0 radical (unpaired) electrons. The summed E-state index contributed by atoms with van der Waals surface area (Å²) in [5, 5.41) is 18.3. The zero-order chi connectivity index (χ0) is 15.8. The van der Waals surface area contributed by atoms with Crippen molar-refractivity contribution in [3.63, 3.8) is 0 Å². The Bertz CT molecular complexity index is 676. The van der Waals surface area contributed by atoms with Crippen molar-refractivity contribution < 1.29 is 32.2 Å². The number of hydrogen-bond donors (Lipinski definition) is 2. The Morgan fingerprint density at radius 2 is 2.00 bits per heavy atom. The van der Waals surface area contributed by atoms with Gasteiger partial charge in [-0.2, -0.15) is 4.31 Å². The van der Waals surface area contributed by atoms with E-state index in [1.165, 1.54) is 0 Å². The minimum Gasteiger partial charge on any atom is -0.478 e. The smallest absolute Gasteiger partial charge is 0.335 e. The number of halogens is 2. The molecule has 9 heteroatoms. The summed E-state index contributed by atoms with van der Waals surface area (Å²) in [5.41, 5.74) is -0.662. The molecular weight excluding hydrogens is 308 g/mol. The van der Waals surface area contributed by atoms with E-state index in [-0.39, 0.29) is 13.1 Å². The number of carbonyl (C=O) groups is 1. The molecule has 1 aliphatic rings. The first-order valence-electron chi connectivity index (χ1n) is 6.14. The molecular formula is C12H13F2NO5S. The molecule has 1 fully saturated rings. The van der Waals surface area contributed by atoms with Crippen LogP contribution in [0.15, 0.2) is 17.0 Å². The van der Waals surface area contributed by atoms with Crippen LogP contribution in [0.5, 0.6) is 0 Å². The molecule has 1 aliphatic heterocycles.